The SMILES string of the molecule is C#CC(C)(OC)OC. The first-order valence-corrected chi connectivity index (χ1v) is 2.26. The van der Waals surface area contributed by atoms with Crippen LogP contribution < -0.4 is 0 Å². The minimum Gasteiger partial charge on any atom is -0.343 e. The Labute approximate surface area is 49.8 Å². The minimum atomic E-state index is -0.847. The first-order chi connectivity index (χ1) is 3.68. The van der Waals surface area contributed by atoms with Gasteiger partial charge in [0, 0.05) is 21.1 Å². The van der Waals surface area contributed by atoms with Crippen LogP contribution in [0.25, 0.3) is 0 Å². The molecule has 0 aliphatic heterocycles. The second-order valence-corrected chi connectivity index (χ2v) is 1.50. The van der Waals surface area contributed by atoms with Crippen molar-refractivity contribution < 1.29 is 9.47 Å². The smallest absolute Gasteiger partial charge is 0.229 e. The van der Waals surface area contributed by atoms with Gasteiger partial charge in [-0.25, -0.2) is 0 Å². The van der Waals surface area contributed by atoms with Gasteiger partial charge in [-0.3, -0.25) is 0 Å². The van der Waals surface area contributed by atoms with Crippen molar-refractivity contribution in [2.45, 2.75) is 12.7 Å². The van der Waals surface area contributed by atoms with Crippen LogP contribution in [-0.4, -0.2) is 20.0 Å². The van der Waals surface area contributed by atoms with Crippen LogP contribution in [0.15, 0.2) is 0 Å². The van der Waals surface area contributed by atoms with Crippen LogP contribution in [0.1, 0.15) is 6.92 Å². The Hall–Kier alpha value is -0.520. The summed E-state index contributed by atoms with van der Waals surface area (Å²) >= 11 is 0. The quantitative estimate of drug-likeness (QED) is 0.387. The molecule has 46 valence electrons. The van der Waals surface area contributed by atoms with E-state index in [2.05, 4.69) is 5.92 Å². The van der Waals surface area contributed by atoms with Crippen LogP contribution in [0, 0.1) is 12.3 Å². The number of ether oxygens (including phenoxy) is 2. The summed E-state index contributed by atoms with van der Waals surface area (Å²) in [5.41, 5.74) is 0. The number of rotatable bonds is 2. The van der Waals surface area contributed by atoms with Gasteiger partial charge < -0.3 is 9.47 Å². The Morgan fingerprint density at radius 2 is 1.75 bits per heavy atom. The van der Waals surface area contributed by atoms with Crippen LogP contribution in [-0.2, 0) is 9.47 Å². The van der Waals surface area contributed by atoms with E-state index in [1.807, 2.05) is 0 Å². The summed E-state index contributed by atoms with van der Waals surface area (Å²) in [4.78, 5) is 0. The lowest BCUT2D eigenvalue weighted by Crippen LogP contribution is -2.26. The largest absolute Gasteiger partial charge is 0.343 e. The molecule has 0 aliphatic rings. The summed E-state index contributed by atoms with van der Waals surface area (Å²) in [5, 5.41) is 0. The Bertz CT molecular complexity index is 97.6. The fraction of sp³-hybridized carbons (Fsp3) is 0.667. The third kappa shape index (κ3) is 1.53. The maximum atomic E-state index is 5.03. The van der Waals surface area contributed by atoms with Gasteiger partial charge >= 0.3 is 0 Å². The summed E-state index contributed by atoms with van der Waals surface area (Å²) in [7, 11) is 3.01. The van der Waals surface area contributed by atoms with Crippen molar-refractivity contribution in [3.05, 3.63) is 0 Å². The molecule has 0 aromatic rings. The molecule has 0 radical (unpaired) electrons. The Morgan fingerprint density at radius 1 is 1.38 bits per heavy atom. The van der Waals surface area contributed by atoms with Gasteiger partial charge in [-0.15, -0.1) is 6.42 Å². The van der Waals surface area contributed by atoms with Gasteiger partial charge in [0.2, 0.25) is 5.79 Å². The second kappa shape index (κ2) is 2.71. The molecule has 0 saturated carbocycles. The third-order valence-electron chi connectivity index (χ3n) is 1.04. The standard InChI is InChI=1S/C6H10O2/c1-5-6(2,7-3)8-4/h1H,2-4H3. The number of terminal acetylenes is 1. The summed E-state index contributed by atoms with van der Waals surface area (Å²) in [6.45, 7) is 1.67. The van der Waals surface area contributed by atoms with Crippen molar-refractivity contribution in [1.29, 1.82) is 0 Å². The molecular formula is C6H10O2. The van der Waals surface area contributed by atoms with Crippen LogP contribution in [0.2, 0.25) is 0 Å². The first kappa shape index (κ1) is 7.48. The molecule has 0 aromatic heterocycles. The molecule has 8 heavy (non-hydrogen) atoms. The van der Waals surface area contributed by atoms with Gasteiger partial charge in [-0.1, -0.05) is 0 Å². The van der Waals surface area contributed by atoms with Gasteiger partial charge in [0.05, 0.1) is 0 Å². The predicted octanol–water partition coefficient (Wildman–Crippen LogP) is 0.629. The van der Waals surface area contributed by atoms with Crippen molar-refractivity contribution in [3.63, 3.8) is 0 Å². The number of hydrogen-bond donors (Lipinski definition) is 0. The van der Waals surface area contributed by atoms with Crippen molar-refractivity contribution in [3.8, 4) is 12.3 Å². The summed E-state index contributed by atoms with van der Waals surface area (Å²) in [6.07, 6.45) is 5.03. The molecule has 2 nitrogen and oxygen atoms in total. The van der Waals surface area contributed by atoms with E-state index in [4.69, 9.17) is 15.9 Å². The lowest BCUT2D eigenvalue weighted by atomic mass is 10.3. The normalized spacial score (nSPS) is 10.8. The zero-order valence-electron chi connectivity index (χ0n) is 5.39. The van der Waals surface area contributed by atoms with E-state index < -0.39 is 5.79 Å². The number of methoxy groups -OCH3 is 2. The third-order valence-corrected chi connectivity index (χ3v) is 1.04. The molecule has 0 aromatic carbocycles. The lowest BCUT2D eigenvalue weighted by Gasteiger charge is -2.18. The summed E-state index contributed by atoms with van der Waals surface area (Å²) < 4.78 is 9.56. The molecule has 0 N–H and O–H groups in total. The zero-order valence-corrected chi connectivity index (χ0v) is 5.39. The molecule has 0 spiro atoms. The molecule has 2 heteroatoms. The van der Waals surface area contributed by atoms with Crippen LogP contribution in [0.5, 0.6) is 0 Å². The van der Waals surface area contributed by atoms with Crippen molar-refractivity contribution in [1.82, 2.24) is 0 Å². The maximum Gasteiger partial charge on any atom is 0.229 e. The van der Waals surface area contributed by atoms with E-state index in [0.29, 0.717) is 0 Å². The summed E-state index contributed by atoms with van der Waals surface area (Å²) in [6, 6.07) is 0. The molecule has 0 unspecified atom stereocenters. The summed E-state index contributed by atoms with van der Waals surface area (Å²) in [5.74, 6) is 1.49. The molecule has 0 aliphatic carbocycles. The first-order valence-electron chi connectivity index (χ1n) is 2.26. The Balaban J connectivity index is 3.83. The highest BCUT2D eigenvalue weighted by atomic mass is 16.7. The molecule has 0 atom stereocenters. The minimum absolute atomic E-state index is 0.847. The molecule has 0 heterocycles. The van der Waals surface area contributed by atoms with E-state index >= 15 is 0 Å². The van der Waals surface area contributed by atoms with E-state index in [1.165, 1.54) is 14.2 Å². The van der Waals surface area contributed by atoms with Gasteiger partial charge in [0.15, 0.2) is 0 Å². The zero-order chi connectivity index (χ0) is 6.62. The number of hydrogen-bond acceptors (Lipinski definition) is 2. The molecule has 0 amide bonds. The van der Waals surface area contributed by atoms with Crippen molar-refractivity contribution >= 4 is 0 Å². The average molecular weight is 114 g/mol. The average Bonchev–Trinajstić information content (AvgIpc) is 1.87. The highest BCUT2D eigenvalue weighted by molar-refractivity contribution is 4.98. The molecular weight excluding hydrogens is 104 g/mol. The van der Waals surface area contributed by atoms with Crippen LogP contribution >= 0.6 is 0 Å². The van der Waals surface area contributed by atoms with E-state index in [1.54, 1.807) is 6.92 Å². The van der Waals surface area contributed by atoms with Crippen molar-refractivity contribution in [2.24, 2.45) is 0 Å². The van der Waals surface area contributed by atoms with E-state index in [-0.39, 0.29) is 0 Å². The highest BCUT2D eigenvalue weighted by Gasteiger charge is 2.16. The van der Waals surface area contributed by atoms with Gasteiger partial charge in [0.25, 0.3) is 0 Å². The fourth-order valence-corrected chi connectivity index (χ4v) is 0.201. The van der Waals surface area contributed by atoms with Crippen LogP contribution in [0.3, 0.4) is 0 Å². The molecule has 0 fully saturated rings. The van der Waals surface area contributed by atoms with Gasteiger partial charge in [-0.2, -0.15) is 0 Å². The lowest BCUT2D eigenvalue weighted by molar-refractivity contribution is -0.148. The van der Waals surface area contributed by atoms with E-state index in [0.717, 1.165) is 0 Å². The predicted molar refractivity (Wildman–Crippen MR) is 31.3 cm³/mol. The molecule has 0 bridgehead atoms. The highest BCUT2D eigenvalue weighted by Crippen LogP contribution is 2.05. The molecule has 0 rings (SSSR count). The Morgan fingerprint density at radius 3 is 1.75 bits per heavy atom. The van der Waals surface area contributed by atoms with Crippen LogP contribution in [0.4, 0.5) is 0 Å². The monoisotopic (exact) mass is 114 g/mol. The van der Waals surface area contributed by atoms with Gasteiger partial charge in [0.1, 0.15) is 0 Å². The Kier molecular flexibility index (Phi) is 2.53. The van der Waals surface area contributed by atoms with Gasteiger partial charge in [-0.05, 0) is 5.92 Å². The maximum absolute atomic E-state index is 5.03. The topological polar surface area (TPSA) is 18.5 Å². The fourth-order valence-electron chi connectivity index (χ4n) is 0.201. The van der Waals surface area contributed by atoms with E-state index in [9.17, 15) is 0 Å². The second-order valence-electron chi connectivity index (χ2n) is 1.50. The molecule has 0 saturated heterocycles. The van der Waals surface area contributed by atoms with Crippen molar-refractivity contribution in [2.75, 3.05) is 14.2 Å².